The lowest BCUT2D eigenvalue weighted by Crippen LogP contribution is -2.00. The summed E-state index contributed by atoms with van der Waals surface area (Å²) in [5.74, 6) is 2.00. The molecular formula is C37H22N4S2. The topological polar surface area (TPSA) is 43.6 Å². The van der Waals surface area contributed by atoms with Crippen molar-refractivity contribution in [2.24, 2.45) is 0 Å². The molecule has 202 valence electrons. The molecule has 0 saturated carbocycles. The molecule has 4 heterocycles. The standard InChI is InChI=1S/C37H22N4S2/c1-4-12-23(13-5-1)34-38-35(24-14-6-2-7-15-24)40-36(39-34)25-20-21-29-28(22-25)33-32(41(29)26-16-8-3-9-17-26)31-27-18-10-11-19-30(27)42-37(31)43-33/h1-22H. The number of nitrogens with zero attached hydrogens (tertiary/aromatic N) is 4. The first-order chi connectivity index (χ1) is 21.3. The van der Waals surface area contributed by atoms with Crippen molar-refractivity contribution in [2.75, 3.05) is 0 Å². The monoisotopic (exact) mass is 586 g/mol. The molecule has 9 rings (SSSR count). The zero-order chi connectivity index (χ0) is 28.3. The van der Waals surface area contributed by atoms with Gasteiger partial charge in [-0.25, -0.2) is 15.0 Å². The Morgan fingerprint density at radius 1 is 0.488 bits per heavy atom. The summed E-state index contributed by atoms with van der Waals surface area (Å²) in [6.07, 6.45) is 0. The van der Waals surface area contributed by atoms with Gasteiger partial charge in [0.1, 0.15) is 0 Å². The largest absolute Gasteiger partial charge is 0.308 e. The summed E-state index contributed by atoms with van der Waals surface area (Å²) in [5, 5.41) is 3.85. The molecule has 4 nitrogen and oxygen atoms in total. The fourth-order valence-corrected chi connectivity index (χ4v) is 8.60. The number of para-hydroxylation sites is 1. The van der Waals surface area contributed by atoms with Crippen LogP contribution in [0, 0.1) is 0 Å². The molecule has 0 unspecified atom stereocenters. The molecule has 6 heteroatoms. The summed E-state index contributed by atoms with van der Waals surface area (Å²) in [6, 6.07) is 46.3. The molecule has 0 N–H and O–H groups in total. The molecule has 0 aliphatic rings. The SMILES string of the molecule is c1ccc(-c2nc(-c3ccccc3)nc(-c3ccc4c(c3)c3sc5sc6ccccc6c5c3n4-c3ccccc3)n2)cc1. The van der Waals surface area contributed by atoms with Gasteiger partial charge in [0, 0.05) is 43.2 Å². The third-order valence-electron chi connectivity index (χ3n) is 7.89. The van der Waals surface area contributed by atoms with Gasteiger partial charge in [-0.15, -0.1) is 22.7 Å². The Bertz CT molecular complexity index is 2380. The first kappa shape index (κ1) is 24.4. The molecule has 43 heavy (non-hydrogen) atoms. The van der Waals surface area contributed by atoms with E-state index in [-0.39, 0.29) is 0 Å². The zero-order valence-electron chi connectivity index (χ0n) is 22.8. The molecule has 0 fully saturated rings. The fourth-order valence-electron chi connectivity index (χ4n) is 5.92. The van der Waals surface area contributed by atoms with E-state index in [1.54, 1.807) is 0 Å². The number of fused-ring (bicyclic) bond motifs is 7. The minimum absolute atomic E-state index is 0.666. The van der Waals surface area contributed by atoms with Gasteiger partial charge in [0.2, 0.25) is 0 Å². The lowest BCUT2D eigenvalue weighted by Gasteiger charge is -2.10. The predicted molar refractivity (Wildman–Crippen MR) is 181 cm³/mol. The maximum Gasteiger partial charge on any atom is 0.164 e. The first-order valence-electron chi connectivity index (χ1n) is 14.1. The second kappa shape index (κ2) is 9.70. The smallest absolute Gasteiger partial charge is 0.164 e. The second-order valence-corrected chi connectivity index (χ2v) is 12.8. The van der Waals surface area contributed by atoms with Crippen LogP contribution in [-0.2, 0) is 0 Å². The van der Waals surface area contributed by atoms with Crippen molar-refractivity contribution < 1.29 is 0 Å². The van der Waals surface area contributed by atoms with Crippen LogP contribution in [0.3, 0.4) is 0 Å². The maximum absolute atomic E-state index is 5.00. The van der Waals surface area contributed by atoms with Crippen LogP contribution in [0.5, 0.6) is 0 Å². The summed E-state index contributed by atoms with van der Waals surface area (Å²) < 4.78 is 6.38. The van der Waals surface area contributed by atoms with Crippen molar-refractivity contribution in [1.82, 2.24) is 19.5 Å². The van der Waals surface area contributed by atoms with E-state index >= 15 is 0 Å². The average Bonchev–Trinajstić information content (AvgIpc) is 3.72. The van der Waals surface area contributed by atoms with Gasteiger partial charge in [0.05, 0.1) is 19.7 Å². The number of hydrogen-bond donors (Lipinski definition) is 0. The second-order valence-electron chi connectivity index (χ2n) is 10.5. The van der Waals surface area contributed by atoms with Crippen LogP contribution in [0.2, 0.25) is 0 Å². The van der Waals surface area contributed by atoms with Crippen molar-refractivity contribution in [3.8, 4) is 39.9 Å². The van der Waals surface area contributed by atoms with E-state index in [1.807, 2.05) is 83.3 Å². The fraction of sp³-hybridized carbons (Fsp3) is 0. The normalized spacial score (nSPS) is 11.7. The molecule has 0 bridgehead atoms. The highest BCUT2D eigenvalue weighted by molar-refractivity contribution is 7.45. The molecule has 0 spiro atoms. The van der Waals surface area contributed by atoms with Gasteiger partial charge in [0.15, 0.2) is 17.5 Å². The first-order valence-corrected chi connectivity index (χ1v) is 15.8. The van der Waals surface area contributed by atoms with E-state index in [0.29, 0.717) is 17.5 Å². The molecule has 0 atom stereocenters. The minimum Gasteiger partial charge on any atom is -0.308 e. The van der Waals surface area contributed by atoms with Crippen LogP contribution in [0.4, 0.5) is 0 Å². The Morgan fingerprint density at radius 3 is 1.74 bits per heavy atom. The summed E-state index contributed by atoms with van der Waals surface area (Å²) in [5.41, 5.74) is 6.50. The third-order valence-corrected chi connectivity index (χ3v) is 10.4. The summed E-state index contributed by atoms with van der Waals surface area (Å²) in [6.45, 7) is 0. The van der Waals surface area contributed by atoms with E-state index in [4.69, 9.17) is 15.0 Å². The number of rotatable bonds is 4. The van der Waals surface area contributed by atoms with Gasteiger partial charge < -0.3 is 4.57 Å². The van der Waals surface area contributed by atoms with E-state index in [2.05, 4.69) is 77.4 Å². The Labute approximate surface area is 255 Å². The van der Waals surface area contributed by atoms with Crippen molar-refractivity contribution in [3.05, 3.63) is 133 Å². The van der Waals surface area contributed by atoms with Gasteiger partial charge >= 0.3 is 0 Å². The van der Waals surface area contributed by atoms with E-state index < -0.39 is 0 Å². The summed E-state index contributed by atoms with van der Waals surface area (Å²) in [7, 11) is 0. The van der Waals surface area contributed by atoms with Gasteiger partial charge in [0.25, 0.3) is 0 Å². The van der Waals surface area contributed by atoms with Gasteiger partial charge in [-0.1, -0.05) is 97.1 Å². The highest BCUT2D eigenvalue weighted by atomic mass is 32.2. The summed E-state index contributed by atoms with van der Waals surface area (Å²) >= 11 is 3.76. The van der Waals surface area contributed by atoms with Crippen molar-refractivity contribution in [2.45, 2.75) is 0 Å². The highest BCUT2D eigenvalue weighted by Gasteiger charge is 2.22. The average molecular weight is 587 g/mol. The molecular weight excluding hydrogens is 565 g/mol. The van der Waals surface area contributed by atoms with E-state index in [9.17, 15) is 0 Å². The molecule has 0 saturated heterocycles. The summed E-state index contributed by atoms with van der Waals surface area (Å²) in [4.78, 5) is 14.9. The number of benzene rings is 5. The zero-order valence-corrected chi connectivity index (χ0v) is 24.4. The molecule has 0 radical (unpaired) electrons. The van der Waals surface area contributed by atoms with Crippen LogP contribution >= 0.6 is 22.7 Å². The Kier molecular flexibility index (Phi) is 5.51. The Morgan fingerprint density at radius 2 is 1.07 bits per heavy atom. The Hall–Kier alpha value is -5.17. The van der Waals surface area contributed by atoms with E-state index in [1.165, 1.54) is 40.6 Å². The molecule has 4 aromatic heterocycles. The predicted octanol–water partition coefficient (Wildman–Crippen LogP) is 10.4. The highest BCUT2D eigenvalue weighted by Crippen LogP contribution is 2.49. The lowest BCUT2D eigenvalue weighted by molar-refractivity contribution is 1.07. The number of aromatic nitrogens is 4. The quantitative estimate of drug-likeness (QED) is 0.206. The molecule has 0 aliphatic heterocycles. The molecule has 5 aromatic carbocycles. The molecule has 0 amide bonds. The van der Waals surface area contributed by atoms with Crippen LogP contribution in [0.25, 0.3) is 80.5 Å². The van der Waals surface area contributed by atoms with Crippen LogP contribution in [-0.4, -0.2) is 19.5 Å². The third kappa shape index (κ3) is 3.91. The number of thiophene rings is 2. The lowest BCUT2D eigenvalue weighted by atomic mass is 10.1. The Balaban J connectivity index is 1.33. The molecule has 0 aliphatic carbocycles. The minimum atomic E-state index is 0.666. The van der Waals surface area contributed by atoms with Crippen molar-refractivity contribution in [3.63, 3.8) is 0 Å². The van der Waals surface area contributed by atoms with Gasteiger partial charge in [-0.05, 0) is 36.4 Å². The van der Waals surface area contributed by atoms with E-state index in [0.717, 1.165) is 22.4 Å². The van der Waals surface area contributed by atoms with Gasteiger partial charge in [-0.3, -0.25) is 0 Å². The van der Waals surface area contributed by atoms with Crippen LogP contribution < -0.4 is 0 Å². The van der Waals surface area contributed by atoms with Crippen molar-refractivity contribution >= 4 is 63.3 Å². The van der Waals surface area contributed by atoms with Crippen molar-refractivity contribution in [1.29, 1.82) is 0 Å². The van der Waals surface area contributed by atoms with Crippen LogP contribution in [0.15, 0.2) is 133 Å². The number of hydrogen-bond acceptors (Lipinski definition) is 5. The van der Waals surface area contributed by atoms with Crippen LogP contribution in [0.1, 0.15) is 0 Å². The van der Waals surface area contributed by atoms with Gasteiger partial charge in [-0.2, -0.15) is 0 Å². The maximum atomic E-state index is 5.00. The molecule has 9 aromatic rings.